The number of anilines is 1. The quantitative estimate of drug-likeness (QED) is 0.842. The lowest BCUT2D eigenvalue weighted by molar-refractivity contribution is 0.375. The van der Waals surface area contributed by atoms with Crippen LogP contribution in [0.1, 0.15) is 25.7 Å². The second-order valence-corrected chi connectivity index (χ2v) is 4.70. The smallest absolute Gasteiger partial charge is 0.0366 e. The van der Waals surface area contributed by atoms with Crippen LogP contribution in [0.5, 0.6) is 0 Å². The molecule has 1 saturated heterocycles. The van der Waals surface area contributed by atoms with Crippen molar-refractivity contribution in [2.45, 2.75) is 25.7 Å². The molecular formula is C14H22N2. The zero-order valence-corrected chi connectivity index (χ0v) is 9.94. The molecule has 1 fully saturated rings. The van der Waals surface area contributed by atoms with Crippen LogP contribution < -0.4 is 10.6 Å². The summed E-state index contributed by atoms with van der Waals surface area (Å²) in [5.74, 6) is 0.906. The Hall–Kier alpha value is -1.02. The van der Waals surface area contributed by atoms with Crippen molar-refractivity contribution >= 4 is 5.69 Å². The van der Waals surface area contributed by atoms with Gasteiger partial charge in [0.15, 0.2) is 0 Å². The molecule has 2 rings (SSSR count). The maximum Gasteiger partial charge on any atom is 0.0366 e. The van der Waals surface area contributed by atoms with Crippen LogP contribution in [0.3, 0.4) is 0 Å². The molecule has 16 heavy (non-hydrogen) atoms. The SMILES string of the molecule is NCCCC1CCN(c2ccccc2)CC1. The molecular weight excluding hydrogens is 196 g/mol. The monoisotopic (exact) mass is 218 g/mol. The molecule has 88 valence electrons. The molecule has 0 aliphatic carbocycles. The summed E-state index contributed by atoms with van der Waals surface area (Å²) < 4.78 is 0. The molecule has 0 aromatic heterocycles. The predicted molar refractivity (Wildman–Crippen MR) is 69.7 cm³/mol. The van der Waals surface area contributed by atoms with Crippen LogP contribution in [0.4, 0.5) is 5.69 Å². The number of nitrogens with zero attached hydrogens (tertiary/aromatic N) is 1. The van der Waals surface area contributed by atoms with Crippen molar-refractivity contribution in [2.24, 2.45) is 11.7 Å². The summed E-state index contributed by atoms with van der Waals surface area (Å²) in [6.07, 6.45) is 5.17. The summed E-state index contributed by atoms with van der Waals surface area (Å²) >= 11 is 0. The highest BCUT2D eigenvalue weighted by molar-refractivity contribution is 5.46. The number of hydrogen-bond donors (Lipinski definition) is 1. The maximum absolute atomic E-state index is 5.55. The van der Waals surface area contributed by atoms with E-state index in [0.29, 0.717) is 0 Å². The first kappa shape index (κ1) is 11.5. The summed E-state index contributed by atoms with van der Waals surface area (Å²) in [5, 5.41) is 0. The molecule has 1 heterocycles. The number of nitrogens with two attached hydrogens (primary N) is 1. The van der Waals surface area contributed by atoms with Gasteiger partial charge in [0, 0.05) is 18.8 Å². The van der Waals surface area contributed by atoms with Crippen molar-refractivity contribution in [3.63, 3.8) is 0 Å². The average Bonchev–Trinajstić information content (AvgIpc) is 2.38. The molecule has 0 saturated carbocycles. The lowest BCUT2D eigenvalue weighted by Crippen LogP contribution is -2.33. The van der Waals surface area contributed by atoms with Gasteiger partial charge < -0.3 is 10.6 Å². The minimum atomic E-state index is 0.846. The second kappa shape index (κ2) is 5.90. The van der Waals surface area contributed by atoms with E-state index in [2.05, 4.69) is 35.2 Å². The van der Waals surface area contributed by atoms with Crippen LogP contribution in [0.15, 0.2) is 30.3 Å². The van der Waals surface area contributed by atoms with Gasteiger partial charge in [0.1, 0.15) is 0 Å². The molecule has 1 aliphatic heterocycles. The molecule has 0 spiro atoms. The van der Waals surface area contributed by atoms with E-state index in [1.54, 1.807) is 0 Å². The Labute approximate surface area is 98.4 Å². The first-order valence-corrected chi connectivity index (χ1v) is 6.40. The average molecular weight is 218 g/mol. The fraction of sp³-hybridized carbons (Fsp3) is 0.571. The highest BCUT2D eigenvalue weighted by Gasteiger charge is 2.18. The molecule has 0 radical (unpaired) electrons. The van der Waals surface area contributed by atoms with Gasteiger partial charge in [-0.3, -0.25) is 0 Å². The molecule has 1 aromatic rings. The Bertz CT molecular complexity index is 289. The van der Waals surface area contributed by atoms with Crippen molar-refractivity contribution in [1.29, 1.82) is 0 Å². The van der Waals surface area contributed by atoms with Gasteiger partial charge in [-0.05, 0) is 50.3 Å². The number of hydrogen-bond acceptors (Lipinski definition) is 2. The van der Waals surface area contributed by atoms with E-state index in [4.69, 9.17) is 5.73 Å². The number of para-hydroxylation sites is 1. The molecule has 0 bridgehead atoms. The van der Waals surface area contributed by atoms with Crippen LogP contribution >= 0.6 is 0 Å². The Morgan fingerprint density at radius 3 is 2.44 bits per heavy atom. The molecule has 1 aliphatic rings. The van der Waals surface area contributed by atoms with Crippen molar-refractivity contribution in [2.75, 3.05) is 24.5 Å². The van der Waals surface area contributed by atoms with Crippen molar-refractivity contribution < 1.29 is 0 Å². The molecule has 0 amide bonds. The van der Waals surface area contributed by atoms with Gasteiger partial charge in [-0.1, -0.05) is 18.2 Å². The van der Waals surface area contributed by atoms with Gasteiger partial charge in [0.25, 0.3) is 0 Å². The summed E-state index contributed by atoms with van der Waals surface area (Å²) in [6.45, 7) is 3.26. The maximum atomic E-state index is 5.55. The van der Waals surface area contributed by atoms with Crippen LogP contribution in [-0.2, 0) is 0 Å². The topological polar surface area (TPSA) is 29.3 Å². The van der Waals surface area contributed by atoms with Gasteiger partial charge in [-0.25, -0.2) is 0 Å². The fourth-order valence-corrected chi connectivity index (χ4v) is 2.53. The highest BCUT2D eigenvalue weighted by Crippen LogP contribution is 2.25. The molecule has 0 atom stereocenters. The van der Waals surface area contributed by atoms with Gasteiger partial charge in [0.2, 0.25) is 0 Å². The molecule has 0 unspecified atom stereocenters. The molecule has 2 nitrogen and oxygen atoms in total. The Morgan fingerprint density at radius 2 is 1.81 bits per heavy atom. The zero-order valence-electron chi connectivity index (χ0n) is 9.94. The van der Waals surface area contributed by atoms with E-state index < -0.39 is 0 Å². The summed E-state index contributed by atoms with van der Waals surface area (Å²) in [6, 6.07) is 10.7. The van der Waals surface area contributed by atoms with Gasteiger partial charge in [0.05, 0.1) is 0 Å². The van der Waals surface area contributed by atoms with E-state index in [-0.39, 0.29) is 0 Å². The van der Waals surface area contributed by atoms with Crippen molar-refractivity contribution in [1.82, 2.24) is 0 Å². The van der Waals surface area contributed by atoms with Crippen LogP contribution in [0, 0.1) is 5.92 Å². The fourth-order valence-electron chi connectivity index (χ4n) is 2.53. The molecule has 2 heteroatoms. The zero-order chi connectivity index (χ0) is 11.2. The van der Waals surface area contributed by atoms with E-state index in [0.717, 1.165) is 12.5 Å². The van der Waals surface area contributed by atoms with E-state index in [1.165, 1.54) is 44.5 Å². The van der Waals surface area contributed by atoms with Gasteiger partial charge in [-0.15, -0.1) is 0 Å². The van der Waals surface area contributed by atoms with Gasteiger partial charge >= 0.3 is 0 Å². The number of rotatable bonds is 4. The predicted octanol–water partition coefficient (Wildman–Crippen LogP) is 2.64. The number of piperidine rings is 1. The Kier molecular flexibility index (Phi) is 4.23. The third kappa shape index (κ3) is 2.99. The van der Waals surface area contributed by atoms with Crippen LogP contribution in [0.2, 0.25) is 0 Å². The number of benzene rings is 1. The minimum Gasteiger partial charge on any atom is -0.372 e. The van der Waals surface area contributed by atoms with Crippen molar-refractivity contribution in [3.8, 4) is 0 Å². The third-order valence-electron chi connectivity index (χ3n) is 3.55. The lowest BCUT2D eigenvalue weighted by Gasteiger charge is -2.33. The largest absolute Gasteiger partial charge is 0.372 e. The van der Waals surface area contributed by atoms with E-state index in [1.807, 2.05) is 0 Å². The highest BCUT2D eigenvalue weighted by atomic mass is 15.1. The Morgan fingerprint density at radius 1 is 1.12 bits per heavy atom. The lowest BCUT2D eigenvalue weighted by atomic mass is 9.92. The first-order valence-electron chi connectivity index (χ1n) is 6.40. The van der Waals surface area contributed by atoms with Crippen molar-refractivity contribution in [3.05, 3.63) is 30.3 Å². The van der Waals surface area contributed by atoms with Crippen LogP contribution in [-0.4, -0.2) is 19.6 Å². The Balaban J connectivity index is 1.81. The second-order valence-electron chi connectivity index (χ2n) is 4.70. The summed E-state index contributed by atoms with van der Waals surface area (Å²) in [4.78, 5) is 2.50. The van der Waals surface area contributed by atoms with Crippen LogP contribution in [0.25, 0.3) is 0 Å². The first-order chi connectivity index (χ1) is 7.90. The van der Waals surface area contributed by atoms with E-state index >= 15 is 0 Å². The van der Waals surface area contributed by atoms with E-state index in [9.17, 15) is 0 Å². The normalized spacial score (nSPS) is 17.7. The standard InChI is InChI=1S/C14H22N2/c15-10-4-5-13-8-11-16(12-9-13)14-6-2-1-3-7-14/h1-3,6-7,13H,4-5,8-12,15H2. The molecule has 2 N–H and O–H groups in total. The third-order valence-corrected chi connectivity index (χ3v) is 3.55. The van der Waals surface area contributed by atoms with Gasteiger partial charge in [-0.2, -0.15) is 0 Å². The minimum absolute atomic E-state index is 0.846. The summed E-state index contributed by atoms with van der Waals surface area (Å²) in [5.41, 5.74) is 6.93. The molecule has 1 aromatic carbocycles. The summed E-state index contributed by atoms with van der Waals surface area (Å²) in [7, 11) is 0.